The number of para-hydroxylation sites is 2. The molecule has 3 saturated carbocycles. The van der Waals surface area contributed by atoms with Crippen molar-refractivity contribution in [2.75, 3.05) is 4.90 Å². The topological polar surface area (TPSA) is 3.24 Å². The summed E-state index contributed by atoms with van der Waals surface area (Å²) in [5.41, 5.74) is 12.1. The number of hydrogen-bond acceptors (Lipinski definition) is 1. The minimum atomic E-state index is 0.0383. The largest absolute Gasteiger partial charge is 0.309 e. The molecule has 0 amide bonds. The van der Waals surface area contributed by atoms with E-state index in [1.165, 1.54) is 75.6 Å². The average Bonchev–Trinajstić information content (AvgIpc) is 3.23. The highest BCUT2D eigenvalue weighted by Gasteiger charge is 2.70. The fourth-order valence-corrected chi connectivity index (χ4v) is 9.87. The molecule has 0 heterocycles. The van der Waals surface area contributed by atoms with Crippen LogP contribution in [0.4, 0.5) is 17.1 Å². The molecule has 3 fully saturated rings. The highest BCUT2D eigenvalue weighted by molar-refractivity contribution is 6.04. The SMILES string of the molecule is CC(C)(C)c1ccc(N(c2ccccc2)c2ccccc2-c2cccc3cccc(C45C6CCC4CC5C6)c23)c(-c2ccccc2)c1. The standard InChI is InChI=1S/C46H43N/c1-45(2,3)33-26-27-43(40(30-33)31-14-6-4-7-15-31)47(37-18-8-5-9-19-37)42-23-11-10-20-38(42)39-21-12-16-32-17-13-22-41(44(32)39)46-34-24-25-35(46)29-36(46)28-34/h4-23,26-27,30,34-36H,24-25,28-29H2,1-3H3. The lowest BCUT2D eigenvalue weighted by molar-refractivity contribution is -0.0824. The number of anilines is 3. The molecule has 1 heteroatoms. The molecular formula is C46H43N. The molecule has 3 aliphatic rings. The fraction of sp³-hybridized carbons (Fsp3) is 0.261. The maximum absolute atomic E-state index is 2.50. The summed E-state index contributed by atoms with van der Waals surface area (Å²) >= 11 is 0. The Hall–Kier alpha value is -4.62. The van der Waals surface area contributed by atoms with Crippen molar-refractivity contribution < 1.29 is 0 Å². The third-order valence-corrected chi connectivity index (χ3v) is 12.0. The van der Waals surface area contributed by atoms with Gasteiger partial charge >= 0.3 is 0 Å². The number of fused-ring (bicyclic) bond motifs is 1. The zero-order valence-electron chi connectivity index (χ0n) is 27.8. The number of rotatable bonds is 6. The molecule has 3 aliphatic carbocycles. The second kappa shape index (κ2) is 10.7. The highest BCUT2D eigenvalue weighted by atomic mass is 15.1. The van der Waals surface area contributed by atoms with Crippen molar-refractivity contribution in [1.29, 1.82) is 0 Å². The maximum Gasteiger partial charge on any atom is 0.0540 e. The van der Waals surface area contributed by atoms with E-state index in [1.54, 1.807) is 5.56 Å². The minimum absolute atomic E-state index is 0.0383. The maximum atomic E-state index is 2.50. The van der Waals surface area contributed by atoms with Crippen molar-refractivity contribution in [2.24, 2.45) is 17.8 Å². The predicted molar refractivity (Wildman–Crippen MR) is 199 cm³/mol. The van der Waals surface area contributed by atoms with E-state index in [-0.39, 0.29) is 5.41 Å². The van der Waals surface area contributed by atoms with Crippen molar-refractivity contribution in [2.45, 2.75) is 57.3 Å². The molecule has 0 radical (unpaired) electrons. The first-order valence-electron chi connectivity index (χ1n) is 17.6. The summed E-state index contributed by atoms with van der Waals surface area (Å²) in [7, 11) is 0. The van der Waals surface area contributed by atoms with Crippen LogP contribution in [0.3, 0.4) is 0 Å². The van der Waals surface area contributed by atoms with Crippen molar-refractivity contribution in [1.82, 2.24) is 0 Å². The van der Waals surface area contributed by atoms with Gasteiger partial charge in [-0.25, -0.2) is 0 Å². The molecule has 47 heavy (non-hydrogen) atoms. The van der Waals surface area contributed by atoms with Gasteiger partial charge in [0.25, 0.3) is 0 Å². The van der Waals surface area contributed by atoms with E-state index in [9.17, 15) is 0 Å². The van der Waals surface area contributed by atoms with Crippen LogP contribution >= 0.6 is 0 Å². The Labute approximate surface area is 279 Å². The first-order chi connectivity index (χ1) is 22.9. The van der Waals surface area contributed by atoms with E-state index in [1.807, 2.05) is 0 Å². The lowest BCUT2D eigenvalue weighted by Crippen LogP contribution is -2.61. The van der Waals surface area contributed by atoms with Gasteiger partial charge in [-0.3, -0.25) is 0 Å². The van der Waals surface area contributed by atoms with Gasteiger partial charge in [0, 0.05) is 22.2 Å². The second-order valence-corrected chi connectivity index (χ2v) is 15.3. The molecule has 2 unspecified atom stereocenters. The first kappa shape index (κ1) is 28.6. The van der Waals surface area contributed by atoms with Gasteiger partial charge in [-0.05, 0) is 112 Å². The summed E-state index contributed by atoms with van der Waals surface area (Å²) in [5, 5.41) is 2.84. The number of benzene rings is 6. The van der Waals surface area contributed by atoms with Crippen molar-refractivity contribution in [3.63, 3.8) is 0 Å². The normalized spacial score (nSPS) is 22.7. The Balaban J connectivity index is 1.30. The molecule has 0 bridgehead atoms. The van der Waals surface area contributed by atoms with Gasteiger partial charge in [0.2, 0.25) is 0 Å². The van der Waals surface area contributed by atoms with Gasteiger partial charge in [-0.15, -0.1) is 0 Å². The molecule has 0 spiro atoms. The molecular weight excluding hydrogens is 567 g/mol. The van der Waals surface area contributed by atoms with Crippen molar-refractivity contribution in [3.05, 3.63) is 151 Å². The fourth-order valence-electron chi connectivity index (χ4n) is 9.87. The zero-order chi connectivity index (χ0) is 31.8. The Morgan fingerprint density at radius 2 is 1.17 bits per heavy atom. The third-order valence-electron chi connectivity index (χ3n) is 12.0. The van der Waals surface area contributed by atoms with Crippen LogP contribution in [0.15, 0.2) is 140 Å². The first-order valence-corrected chi connectivity index (χ1v) is 17.6. The molecule has 6 aromatic rings. The Kier molecular flexibility index (Phi) is 6.51. The lowest BCUT2D eigenvalue weighted by atomic mass is 9.38. The van der Waals surface area contributed by atoms with Crippen LogP contribution in [-0.4, -0.2) is 0 Å². The molecule has 0 saturated heterocycles. The second-order valence-electron chi connectivity index (χ2n) is 15.3. The summed E-state index contributed by atoms with van der Waals surface area (Å²) in [6, 6.07) is 52.2. The Morgan fingerprint density at radius 3 is 1.87 bits per heavy atom. The van der Waals surface area contributed by atoms with Crippen molar-refractivity contribution >= 4 is 27.8 Å². The smallest absolute Gasteiger partial charge is 0.0540 e. The molecule has 0 aliphatic heterocycles. The van der Waals surface area contributed by atoms with Crippen LogP contribution in [0.5, 0.6) is 0 Å². The summed E-state index contributed by atoms with van der Waals surface area (Å²) in [5.74, 6) is 2.58. The van der Waals surface area contributed by atoms with E-state index in [4.69, 9.17) is 0 Å². The van der Waals surface area contributed by atoms with Gasteiger partial charge in [-0.1, -0.05) is 130 Å². The number of hydrogen-bond donors (Lipinski definition) is 0. The van der Waals surface area contributed by atoms with Crippen molar-refractivity contribution in [3.8, 4) is 22.3 Å². The quantitative estimate of drug-likeness (QED) is 0.182. The van der Waals surface area contributed by atoms with E-state index in [0.29, 0.717) is 5.41 Å². The third kappa shape index (κ3) is 4.28. The lowest BCUT2D eigenvalue weighted by Gasteiger charge is -2.65. The molecule has 2 atom stereocenters. The van der Waals surface area contributed by atoms with Crippen LogP contribution in [-0.2, 0) is 10.8 Å². The Morgan fingerprint density at radius 1 is 0.553 bits per heavy atom. The van der Waals surface area contributed by atoms with Crippen LogP contribution in [0.2, 0.25) is 0 Å². The zero-order valence-corrected chi connectivity index (χ0v) is 27.8. The summed E-state index contributed by atoms with van der Waals surface area (Å²) in [6.45, 7) is 6.92. The van der Waals surface area contributed by atoms with E-state index >= 15 is 0 Å². The summed E-state index contributed by atoms with van der Waals surface area (Å²) in [6.07, 6.45) is 5.68. The number of nitrogens with zero attached hydrogens (tertiary/aromatic N) is 1. The van der Waals surface area contributed by atoms with E-state index in [0.717, 1.165) is 23.4 Å². The van der Waals surface area contributed by atoms with Crippen LogP contribution in [0.1, 0.15) is 57.6 Å². The van der Waals surface area contributed by atoms with Gasteiger partial charge < -0.3 is 4.90 Å². The average molecular weight is 610 g/mol. The molecule has 6 aromatic carbocycles. The molecule has 0 aromatic heterocycles. The summed E-state index contributed by atoms with van der Waals surface area (Å²) < 4.78 is 0. The van der Waals surface area contributed by atoms with Gasteiger partial charge in [0.15, 0.2) is 0 Å². The van der Waals surface area contributed by atoms with Crippen LogP contribution in [0.25, 0.3) is 33.0 Å². The molecule has 1 nitrogen and oxygen atoms in total. The predicted octanol–water partition coefficient (Wildman–Crippen LogP) is 12.6. The Bertz CT molecular complexity index is 2080. The molecule has 0 N–H and O–H groups in total. The van der Waals surface area contributed by atoms with Gasteiger partial charge in [-0.2, -0.15) is 0 Å². The van der Waals surface area contributed by atoms with Crippen LogP contribution < -0.4 is 4.90 Å². The summed E-state index contributed by atoms with van der Waals surface area (Å²) in [4.78, 5) is 2.50. The van der Waals surface area contributed by atoms with E-state index < -0.39 is 0 Å². The van der Waals surface area contributed by atoms with Gasteiger partial charge in [0.05, 0.1) is 11.4 Å². The molecule has 9 rings (SSSR count). The highest BCUT2D eigenvalue weighted by Crippen LogP contribution is 2.75. The van der Waals surface area contributed by atoms with E-state index in [2.05, 4.69) is 165 Å². The monoisotopic (exact) mass is 609 g/mol. The van der Waals surface area contributed by atoms with Crippen LogP contribution in [0, 0.1) is 17.8 Å². The van der Waals surface area contributed by atoms with Gasteiger partial charge in [0.1, 0.15) is 0 Å². The minimum Gasteiger partial charge on any atom is -0.309 e. The molecule has 232 valence electrons.